The Hall–Kier alpha value is -1.02. The van der Waals surface area contributed by atoms with Crippen LogP contribution in [-0.4, -0.2) is 65.4 Å². The summed E-state index contributed by atoms with van der Waals surface area (Å²) < 4.78 is 10.3. The molecule has 0 spiro atoms. The van der Waals surface area contributed by atoms with Crippen LogP contribution in [0.25, 0.3) is 0 Å². The van der Waals surface area contributed by atoms with E-state index in [4.69, 9.17) is 19.7 Å². The van der Waals surface area contributed by atoms with Crippen molar-refractivity contribution >= 4 is 0 Å². The van der Waals surface area contributed by atoms with Gasteiger partial charge in [0.2, 0.25) is 0 Å². The maximum absolute atomic E-state index is 9.36. The molecule has 2 rings (SSSR count). The molecule has 1 heterocycles. The molecule has 0 aliphatic carbocycles. The van der Waals surface area contributed by atoms with Crippen LogP contribution in [-0.2, 0) is 9.47 Å². The van der Waals surface area contributed by atoms with Gasteiger partial charge in [-0.15, -0.1) is 0 Å². The van der Waals surface area contributed by atoms with Crippen LogP contribution >= 0.6 is 0 Å². The first-order valence-electron chi connectivity index (χ1n) is 6.87. The van der Waals surface area contributed by atoms with Gasteiger partial charge in [-0.25, -0.2) is 0 Å². The summed E-state index contributed by atoms with van der Waals surface area (Å²) in [6, 6.07) is 12.0. The number of aliphatic hydroxyl groups excluding tert-OH is 4. The molecule has 1 fully saturated rings. The number of benzene rings is 1. The minimum atomic E-state index is -1.03. The van der Waals surface area contributed by atoms with Gasteiger partial charge in [-0.1, -0.05) is 36.4 Å². The Bertz CT molecular complexity index is 294. The molecular weight excluding hydrogens is 276 g/mol. The van der Waals surface area contributed by atoms with E-state index in [1.54, 1.807) is 0 Å². The van der Waals surface area contributed by atoms with Crippen LogP contribution in [0.4, 0.5) is 0 Å². The summed E-state index contributed by atoms with van der Waals surface area (Å²) in [5, 5.41) is 34.5. The van der Waals surface area contributed by atoms with E-state index in [-0.39, 0.29) is 13.0 Å². The van der Waals surface area contributed by atoms with Crippen LogP contribution in [0.3, 0.4) is 0 Å². The van der Waals surface area contributed by atoms with Gasteiger partial charge in [-0.05, 0) is 6.92 Å². The van der Waals surface area contributed by atoms with Gasteiger partial charge < -0.3 is 29.9 Å². The summed E-state index contributed by atoms with van der Waals surface area (Å²) in [4.78, 5) is 0. The van der Waals surface area contributed by atoms with E-state index in [1.807, 2.05) is 43.3 Å². The number of hydrogen-bond acceptors (Lipinski definition) is 6. The predicted octanol–water partition coefficient (Wildman–Crippen LogP) is 0.147. The van der Waals surface area contributed by atoms with E-state index < -0.39 is 24.6 Å². The fourth-order valence-electron chi connectivity index (χ4n) is 1.74. The molecule has 1 aromatic rings. The highest BCUT2D eigenvalue weighted by Gasteiger charge is 2.36. The van der Waals surface area contributed by atoms with Crippen LogP contribution in [0.2, 0.25) is 0 Å². The highest BCUT2D eigenvalue weighted by atomic mass is 16.7. The second-order valence-electron chi connectivity index (χ2n) is 4.19. The first kappa shape index (κ1) is 20.0. The largest absolute Gasteiger partial charge is 0.400 e. The van der Waals surface area contributed by atoms with Crippen molar-refractivity contribution in [1.29, 1.82) is 0 Å². The fraction of sp³-hybridized carbons (Fsp3) is 0.600. The molecule has 6 nitrogen and oxygen atoms in total. The van der Waals surface area contributed by atoms with Crippen molar-refractivity contribution in [2.24, 2.45) is 0 Å². The minimum Gasteiger partial charge on any atom is -0.400 e. The maximum Gasteiger partial charge on any atom is 0.160 e. The molecule has 4 N–H and O–H groups in total. The molecule has 4 atom stereocenters. The molecular formula is C15H26O6. The number of rotatable bonds is 3. The van der Waals surface area contributed by atoms with E-state index in [2.05, 4.69) is 0 Å². The molecule has 1 saturated heterocycles. The van der Waals surface area contributed by atoms with Crippen molar-refractivity contribution in [3.05, 3.63) is 36.4 Å². The van der Waals surface area contributed by atoms with E-state index in [0.717, 1.165) is 7.11 Å². The lowest BCUT2D eigenvalue weighted by Crippen LogP contribution is -2.50. The van der Waals surface area contributed by atoms with E-state index in [0.29, 0.717) is 6.61 Å². The Morgan fingerprint density at radius 1 is 1.05 bits per heavy atom. The Balaban J connectivity index is 0.000000416. The van der Waals surface area contributed by atoms with E-state index in [1.165, 1.54) is 0 Å². The third-order valence-electron chi connectivity index (χ3n) is 2.73. The number of ether oxygens (including phenoxy) is 2. The monoisotopic (exact) mass is 302 g/mol. The van der Waals surface area contributed by atoms with E-state index in [9.17, 15) is 10.2 Å². The highest BCUT2D eigenvalue weighted by Crippen LogP contribution is 2.20. The van der Waals surface area contributed by atoms with Gasteiger partial charge >= 0.3 is 0 Å². The lowest BCUT2D eigenvalue weighted by atomic mass is 10.0. The highest BCUT2D eigenvalue weighted by molar-refractivity contribution is 4.99. The Labute approximate surface area is 125 Å². The maximum atomic E-state index is 9.36. The Morgan fingerprint density at radius 2 is 1.52 bits per heavy atom. The van der Waals surface area contributed by atoms with E-state index >= 15 is 0 Å². The summed E-state index contributed by atoms with van der Waals surface area (Å²) in [5.74, 6) is 0. The first-order valence-corrected chi connectivity index (χ1v) is 6.87. The molecule has 1 unspecified atom stereocenters. The summed E-state index contributed by atoms with van der Waals surface area (Å²) >= 11 is 0. The van der Waals surface area contributed by atoms with Gasteiger partial charge in [0.15, 0.2) is 6.29 Å². The van der Waals surface area contributed by atoms with Gasteiger partial charge in [0.25, 0.3) is 0 Å². The molecule has 122 valence electrons. The van der Waals surface area contributed by atoms with Crippen molar-refractivity contribution in [2.45, 2.75) is 37.9 Å². The van der Waals surface area contributed by atoms with Gasteiger partial charge in [-0.3, -0.25) is 0 Å². The molecule has 1 aliphatic heterocycles. The molecule has 0 saturated carbocycles. The average Bonchev–Trinajstić information content (AvgIpc) is 2.55. The average molecular weight is 302 g/mol. The van der Waals surface area contributed by atoms with Gasteiger partial charge in [0.1, 0.15) is 12.2 Å². The van der Waals surface area contributed by atoms with Gasteiger partial charge in [0.05, 0.1) is 12.7 Å². The summed E-state index contributed by atoms with van der Waals surface area (Å²) in [7, 11) is 1.00. The van der Waals surface area contributed by atoms with Crippen LogP contribution in [0, 0.1) is 0 Å². The van der Waals surface area contributed by atoms with Crippen LogP contribution in [0.5, 0.6) is 0 Å². The summed E-state index contributed by atoms with van der Waals surface area (Å²) in [5.41, 5.74) is 0. The summed E-state index contributed by atoms with van der Waals surface area (Å²) in [6.45, 7) is 1.97. The minimum absolute atomic E-state index is 0.242. The van der Waals surface area contributed by atoms with Crippen molar-refractivity contribution in [2.75, 3.05) is 20.3 Å². The van der Waals surface area contributed by atoms with Crippen molar-refractivity contribution in [3.8, 4) is 0 Å². The van der Waals surface area contributed by atoms with Gasteiger partial charge in [0, 0.05) is 20.1 Å². The lowest BCUT2D eigenvalue weighted by Gasteiger charge is -2.35. The lowest BCUT2D eigenvalue weighted by molar-refractivity contribution is -0.255. The standard InChI is InChI=1S/C8H16O5.C6H6.CH4O/c1-2-12-7-3-5(10)8(11)6(4-9)13-7;1-2-4-6-5-3-1;1-2/h5-11H,2-4H2,1H3;1-6H;2H,1H3/t5-,6?,7-,8+;;/m1../s1. The zero-order chi connectivity index (χ0) is 16.1. The molecule has 0 bridgehead atoms. The first-order chi connectivity index (χ1) is 10.2. The number of hydrogen-bond donors (Lipinski definition) is 4. The number of aliphatic hydroxyl groups is 4. The fourth-order valence-corrected chi connectivity index (χ4v) is 1.74. The topological polar surface area (TPSA) is 99.4 Å². The predicted molar refractivity (Wildman–Crippen MR) is 78.6 cm³/mol. The summed E-state index contributed by atoms with van der Waals surface area (Å²) in [6.07, 6.45) is -2.95. The van der Waals surface area contributed by atoms with Crippen molar-refractivity contribution < 1.29 is 29.9 Å². The second-order valence-corrected chi connectivity index (χ2v) is 4.19. The molecule has 21 heavy (non-hydrogen) atoms. The third kappa shape index (κ3) is 8.11. The van der Waals surface area contributed by atoms with Crippen molar-refractivity contribution in [1.82, 2.24) is 0 Å². The molecule has 6 heteroatoms. The van der Waals surface area contributed by atoms with Crippen LogP contribution in [0.15, 0.2) is 36.4 Å². The Kier molecular flexibility index (Phi) is 12.1. The van der Waals surface area contributed by atoms with Crippen molar-refractivity contribution in [3.63, 3.8) is 0 Å². The SMILES string of the molecule is CCO[C@H]1C[C@@H](O)[C@H](O)C(CO)O1.CO.c1ccccc1. The molecule has 0 aromatic heterocycles. The normalized spacial score (nSPS) is 27.7. The third-order valence-corrected chi connectivity index (χ3v) is 2.73. The molecule has 0 amide bonds. The zero-order valence-electron chi connectivity index (χ0n) is 12.5. The quantitative estimate of drug-likeness (QED) is 0.634. The smallest absolute Gasteiger partial charge is 0.160 e. The van der Waals surface area contributed by atoms with Crippen LogP contribution in [0.1, 0.15) is 13.3 Å². The van der Waals surface area contributed by atoms with Crippen LogP contribution < -0.4 is 0 Å². The Morgan fingerprint density at radius 3 is 1.90 bits per heavy atom. The molecule has 1 aromatic carbocycles. The molecule has 0 radical (unpaired) electrons. The van der Waals surface area contributed by atoms with Gasteiger partial charge in [-0.2, -0.15) is 0 Å². The zero-order valence-corrected chi connectivity index (χ0v) is 12.5. The second kappa shape index (κ2) is 12.7. The molecule has 1 aliphatic rings.